The van der Waals surface area contributed by atoms with E-state index in [1.807, 2.05) is 0 Å². The van der Waals surface area contributed by atoms with Crippen LogP contribution in [0.2, 0.25) is 10.4 Å². The van der Waals surface area contributed by atoms with Gasteiger partial charge in [-0.2, -0.15) is 0 Å². The van der Waals surface area contributed by atoms with Crippen LogP contribution in [-0.2, 0) is 5.67 Å². The minimum Gasteiger partial charge on any atom is -0.237 e. The molecule has 0 aromatic carbocycles. The van der Waals surface area contributed by atoms with Crippen LogP contribution in [0.4, 0.5) is 8.78 Å². The van der Waals surface area contributed by atoms with Crippen molar-refractivity contribution in [1.82, 2.24) is 9.97 Å². The molecule has 0 unspecified atom stereocenters. The van der Waals surface area contributed by atoms with E-state index in [9.17, 15) is 8.78 Å². The van der Waals surface area contributed by atoms with Crippen LogP contribution in [0.15, 0.2) is 0 Å². The lowest BCUT2D eigenvalue weighted by Crippen LogP contribution is -2.07. The second kappa shape index (κ2) is 2.75. The Morgan fingerprint density at radius 2 is 1.85 bits per heavy atom. The average molecular weight is 225 g/mol. The summed E-state index contributed by atoms with van der Waals surface area (Å²) in [5, 5.41) is -0.663. The van der Waals surface area contributed by atoms with Gasteiger partial charge in [0.25, 0.3) is 0 Å². The first-order chi connectivity index (χ1) is 6.03. The number of nitrogens with zero attached hydrogens (tertiary/aromatic N) is 2. The molecule has 0 saturated heterocycles. The number of rotatable bonds is 1. The lowest BCUT2D eigenvalue weighted by molar-refractivity contribution is 0.296. The van der Waals surface area contributed by atoms with E-state index < -0.39 is 16.6 Å². The van der Waals surface area contributed by atoms with Gasteiger partial charge in [0.2, 0.25) is 5.28 Å². The van der Waals surface area contributed by atoms with Crippen molar-refractivity contribution in [3.05, 3.63) is 21.9 Å². The van der Waals surface area contributed by atoms with Gasteiger partial charge in [0.05, 0.1) is 0 Å². The molecule has 70 valence electrons. The molecule has 1 aromatic rings. The Morgan fingerprint density at radius 3 is 2.38 bits per heavy atom. The molecular formula is C7H4Cl2F2N2. The Kier molecular flexibility index (Phi) is 1.92. The lowest BCUT2D eigenvalue weighted by Gasteiger charge is -2.06. The Morgan fingerprint density at radius 1 is 1.23 bits per heavy atom. The summed E-state index contributed by atoms with van der Waals surface area (Å²) >= 11 is 10.8. The van der Waals surface area contributed by atoms with Crippen molar-refractivity contribution in [2.24, 2.45) is 0 Å². The highest BCUT2D eigenvalue weighted by Crippen LogP contribution is 2.50. The summed E-state index contributed by atoms with van der Waals surface area (Å²) in [5.74, 6) is -0.911. The molecular weight excluding hydrogens is 221 g/mol. The minimum atomic E-state index is -1.68. The van der Waals surface area contributed by atoms with Crippen LogP contribution in [-0.4, -0.2) is 9.97 Å². The molecule has 2 rings (SSSR count). The van der Waals surface area contributed by atoms with E-state index in [1.54, 1.807) is 0 Å². The van der Waals surface area contributed by atoms with Crippen molar-refractivity contribution in [1.29, 1.82) is 0 Å². The maximum Gasteiger partial charge on any atom is 0.224 e. The topological polar surface area (TPSA) is 25.8 Å². The first-order valence-corrected chi connectivity index (χ1v) is 4.36. The molecule has 0 atom stereocenters. The van der Waals surface area contributed by atoms with Gasteiger partial charge in [0, 0.05) is 0 Å². The highest BCUT2D eigenvalue weighted by molar-refractivity contribution is 6.31. The normalized spacial score (nSPS) is 18.8. The van der Waals surface area contributed by atoms with Gasteiger partial charge in [-0.05, 0) is 24.4 Å². The molecule has 1 fully saturated rings. The van der Waals surface area contributed by atoms with Crippen molar-refractivity contribution in [3.63, 3.8) is 0 Å². The molecule has 1 saturated carbocycles. The minimum absolute atomic E-state index is 0.231. The van der Waals surface area contributed by atoms with Gasteiger partial charge in [0.15, 0.2) is 16.6 Å². The van der Waals surface area contributed by atoms with Gasteiger partial charge < -0.3 is 0 Å². The van der Waals surface area contributed by atoms with Crippen LogP contribution < -0.4 is 0 Å². The Labute approximate surface area is 82.9 Å². The van der Waals surface area contributed by atoms with Crippen LogP contribution in [0.25, 0.3) is 0 Å². The third-order valence-electron chi connectivity index (χ3n) is 1.90. The zero-order valence-electron chi connectivity index (χ0n) is 6.32. The summed E-state index contributed by atoms with van der Waals surface area (Å²) in [5.41, 5.74) is -2.00. The number of aromatic nitrogens is 2. The molecule has 2 nitrogen and oxygen atoms in total. The maximum atomic E-state index is 13.4. The summed E-state index contributed by atoms with van der Waals surface area (Å²) in [6, 6.07) is 0. The van der Waals surface area contributed by atoms with Gasteiger partial charge in [-0.1, -0.05) is 11.6 Å². The SMILES string of the molecule is Fc1c(Cl)nc(Cl)nc1C1(F)CC1. The van der Waals surface area contributed by atoms with Crippen LogP contribution >= 0.6 is 23.2 Å². The number of halogens is 4. The highest BCUT2D eigenvalue weighted by atomic mass is 35.5. The molecule has 0 radical (unpaired) electrons. The molecule has 1 aliphatic carbocycles. The first-order valence-electron chi connectivity index (χ1n) is 3.61. The van der Waals surface area contributed by atoms with Crippen molar-refractivity contribution in [2.45, 2.75) is 18.5 Å². The molecule has 0 spiro atoms. The Hall–Kier alpha value is -0.480. The molecule has 1 aliphatic rings. The zero-order chi connectivity index (χ0) is 9.64. The summed E-state index contributed by atoms with van der Waals surface area (Å²) in [6.07, 6.45) is 0.515. The van der Waals surface area contributed by atoms with Gasteiger partial charge in [0.1, 0.15) is 5.69 Å². The fraction of sp³-hybridized carbons (Fsp3) is 0.429. The molecule has 13 heavy (non-hydrogen) atoms. The fourth-order valence-corrected chi connectivity index (χ4v) is 1.42. The fourth-order valence-electron chi connectivity index (χ4n) is 1.04. The van der Waals surface area contributed by atoms with Gasteiger partial charge >= 0.3 is 0 Å². The standard InChI is InChI=1S/C7H4Cl2F2N2/c8-5-3(10)4(7(11)1-2-7)12-6(9)13-5/h1-2H2. The van der Waals surface area contributed by atoms with Gasteiger partial charge in [-0.15, -0.1) is 0 Å². The summed E-state index contributed by atoms with van der Waals surface area (Å²) in [4.78, 5) is 6.84. The Bertz CT molecular complexity index is 366. The lowest BCUT2D eigenvalue weighted by atomic mass is 10.2. The monoisotopic (exact) mass is 224 g/mol. The summed E-state index contributed by atoms with van der Waals surface area (Å²) < 4.78 is 26.6. The predicted molar refractivity (Wildman–Crippen MR) is 44.0 cm³/mol. The van der Waals surface area contributed by atoms with E-state index >= 15 is 0 Å². The van der Waals surface area contributed by atoms with E-state index in [-0.39, 0.29) is 23.8 Å². The van der Waals surface area contributed by atoms with Gasteiger partial charge in [-0.25, -0.2) is 18.7 Å². The van der Waals surface area contributed by atoms with E-state index in [4.69, 9.17) is 23.2 Å². The van der Waals surface area contributed by atoms with E-state index in [0.717, 1.165) is 0 Å². The molecule has 1 heterocycles. The average Bonchev–Trinajstić information content (AvgIpc) is 2.77. The smallest absolute Gasteiger partial charge is 0.224 e. The van der Waals surface area contributed by atoms with Crippen LogP contribution in [0.1, 0.15) is 18.5 Å². The van der Waals surface area contributed by atoms with E-state index in [1.165, 1.54) is 0 Å². The van der Waals surface area contributed by atoms with Crippen LogP contribution in [0.5, 0.6) is 0 Å². The molecule has 0 N–H and O–H groups in total. The van der Waals surface area contributed by atoms with Crippen molar-refractivity contribution in [2.75, 3.05) is 0 Å². The zero-order valence-corrected chi connectivity index (χ0v) is 7.83. The second-order valence-corrected chi connectivity index (χ2v) is 3.61. The Balaban J connectivity index is 2.56. The van der Waals surface area contributed by atoms with Gasteiger partial charge in [-0.3, -0.25) is 0 Å². The number of hydrogen-bond donors (Lipinski definition) is 0. The number of alkyl halides is 1. The van der Waals surface area contributed by atoms with Crippen molar-refractivity contribution < 1.29 is 8.78 Å². The van der Waals surface area contributed by atoms with Crippen LogP contribution in [0.3, 0.4) is 0 Å². The molecule has 0 bridgehead atoms. The van der Waals surface area contributed by atoms with E-state index in [0.29, 0.717) is 0 Å². The predicted octanol–water partition coefficient (Wildman–Crippen LogP) is 2.88. The highest BCUT2D eigenvalue weighted by Gasteiger charge is 2.49. The maximum absolute atomic E-state index is 13.4. The van der Waals surface area contributed by atoms with E-state index in [2.05, 4.69) is 9.97 Å². The van der Waals surface area contributed by atoms with Crippen molar-refractivity contribution >= 4 is 23.2 Å². The second-order valence-electron chi connectivity index (χ2n) is 2.91. The van der Waals surface area contributed by atoms with Crippen molar-refractivity contribution in [3.8, 4) is 0 Å². The molecule has 1 aromatic heterocycles. The third kappa shape index (κ3) is 1.48. The summed E-state index contributed by atoms with van der Waals surface area (Å²) in [7, 11) is 0. The largest absolute Gasteiger partial charge is 0.237 e. The molecule has 0 amide bonds. The molecule has 0 aliphatic heterocycles. The quantitative estimate of drug-likeness (QED) is 0.542. The first kappa shape index (κ1) is 9.09. The molecule has 6 heteroatoms. The third-order valence-corrected chi connectivity index (χ3v) is 2.32. The van der Waals surface area contributed by atoms with Crippen LogP contribution in [0, 0.1) is 5.82 Å². The number of hydrogen-bond acceptors (Lipinski definition) is 2. The summed E-state index contributed by atoms with van der Waals surface area (Å²) in [6.45, 7) is 0.